The first kappa shape index (κ1) is 17.5. The largest absolute Gasteiger partial charge is 0.340 e. The van der Waals surface area contributed by atoms with Gasteiger partial charge in [0.1, 0.15) is 12.1 Å². The van der Waals surface area contributed by atoms with E-state index >= 15 is 0 Å². The fourth-order valence-electron chi connectivity index (χ4n) is 4.61. The van der Waals surface area contributed by atoms with Crippen molar-refractivity contribution in [2.24, 2.45) is 11.8 Å². The lowest BCUT2D eigenvalue weighted by molar-refractivity contribution is -0.139. The minimum absolute atomic E-state index is 0. The molecule has 1 spiro atoms. The summed E-state index contributed by atoms with van der Waals surface area (Å²) in [5, 5.41) is 6.20. The van der Waals surface area contributed by atoms with Crippen LogP contribution in [0.3, 0.4) is 0 Å². The summed E-state index contributed by atoms with van der Waals surface area (Å²) >= 11 is 0. The molecule has 4 fully saturated rings. The maximum absolute atomic E-state index is 12.7. The third-order valence-electron chi connectivity index (χ3n) is 5.99. The Morgan fingerprint density at radius 3 is 2.33 bits per heavy atom. The SMILES string of the molecule is Cl.O=C(CN1C(=O)NC2(CCCCC2)C1=O)N1C[C@H]2CNC[C@H]2C1. The molecule has 1 aliphatic carbocycles. The van der Waals surface area contributed by atoms with Crippen LogP contribution in [-0.2, 0) is 9.59 Å². The molecular weight excluding hydrogens is 332 g/mol. The molecule has 0 aromatic carbocycles. The van der Waals surface area contributed by atoms with Crippen LogP contribution in [0.4, 0.5) is 4.79 Å². The van der Waals surface area contributed by atoms with E-state index < -0.39 is 11.6 Å². The molecule has 4 rings (SSSR count). The van der Waals surface area contributed by atoms with Crippen molar-refractivity contribution in [3.05, 3.63) is 0 Å². The zero-order chi connectivity index (χ0) is 16.0. The quantitative estimate of drug-likeness (QED) is 0.699. The van der Waals surface area contributed by atoms with Crippen LogP contribution in [0.25, 0.3) is 0 Å². The molecule has 3 aliphatic heterocycles. The summed E-state index contributed by atoms with van der Waals surface area (Å²) in [5.74, 6) is 0.742. The molecule has 1 saturated carbocycles. The van der Waals surface area contributed by atoms with Gasteiger partial charge in [-0.2, -0.15) is 0 Å². The predicted molar refractivity (Wildman–Crippen MR) is 89.7 cm³/mol. The van der Waals surface area contributed by atoms with Crippen LogP contribution < -0.4 is 10.6 Å². The second-order valence-corrected chi connectivity index (χ2v) is 7.44. The number of imide groups is 1. The fraction of sp³-hybridized carbons (Fsp3) is 0.812. The van der Waals surface area contributed by atoms with E-state index in [-0.39, 0.29) is 30.8 Å². The van der Waals surface area contributed by atoms with E-state index in [1.807, 2.05) is 4.90 Å². The molecule has 8 heteroatoms. The van der Waals surface area contributed by atoms with Gasteiger partial charge in [-0.3, -0.25) is 14.5 Å². The molecule has 0 unspecified atom stereocenters. The normalized spacial score (nSPS) is 31.2. The number of hydrogen-bond donors (Lipinski definition) is 2. The molecule has 0 aromatic heterocycles. The number of urea groups is 1. The van der Waals surface area contributed by atoms with Crippen LogP contribution in [0.1, 0.15) is 32.1 Å². The Kier molecular flexibility index (Phi) is 4.75. The van der Waals surface area contributed by atoms with Crippen molar-refractivity contribution < 1.29 is 14.4 Å². The molecule has 3 saturated heterocycles. The van der Waals surface area contributed by atoms with Crippen LogP contribution in [0.5, 0.6) is 0 Å². The number of carbonyl (C=O) groups excluding carboxylic acids is 3. The summed E-state index contributed by atoms with van der Waals surface area (Å²) in [6.45, 7) is 3.29. The Hall–Kier alpha value is -1.34. The second-order valence-electron chi connectivity index (χ2n) is 7.44. The first-order chi connectivity index (χ1) is 11.1. The van der Waals surface area contributed by atoms with Crippen molar-refractivity contribution in [2.75, 3.05) is 32.7 Å². The van der Waals surface area contributed by atoms with Gasteiger partial charge in [0.05, 0.1) is 0 Å². The highest BCUT2D eigenvalue weighted by molar-refractivity contribution is 6.09. The number of hydrogen-bond acceptors (Lipinski definition) is 4. The predicted octanol–water partition coefficient (Wildman–Crippen LogP) is 0.341. The molecule has 0 radical (unpaired) electrons. The van der Waals surface area contributed by atoms with Crippen molar-refractivity contribution in [1.29, 1.82) is 0 Å². The van der Waals surface area contributed by atoms with Gasteiger partial charge in [-0.15, -0.1) is 12.4 Å². The van der Waals surface area contributed by atoms with Gasteiger partial charge < -0.3 is 15.5 Å². The van der Waals surface area contributed by atoms with Crippen LogP contribution in [0, 0.1) is 11.8 Å². The Balaban J connectivity index is 0.00000169. The fourth-order valence-corrected chi connectivity index (χ4v) is 4.61. The second kappa shape index (κ2) is 6.52. The van der Waals surface area contributed by atoms with Crippen molar-refractivity contribution in [2.45, 2.75) is 37.6 Å². The highest BCUT2D eigenvalue weighted by Crippen LogP contribution is 2.34. The topological polar surface area (TPSA) is 81.8 Å². The Labute approximate surface area is 147 Å². The monoisotopic (exact) mass is 356 g/mol. The molecule has 3 heterocycles. The maximum Gasteiger partial charge on any atom is 0.325 e. The number of nitrogens with one attached hydrogen (secondary N) is 2. The van der Waals surface area contributed by atoms with E-state index in [1.54, 1.807) is 0 Å². The summed E-state index contributed by atoms with van der Waals surface area (Å²) in [7, 11) is 0. The molecule has 134 valence electrons. The smallest absolute Gasteiger partial charge is 0.325 e. The third-order valence-corrected chi connectivity index (χ3v) is 5.99. The molecule has 4 aliphatic rings. The van der Waals surface area contributed by atoms with E-state index in [4.69, 9.17) is 0 Å². The van der Waals surface area contributed by atoms with E-state index in [0.717, 1.165) is 50.3 Å². The summed E-state index contributed by atoms with van der Waals surface area (Å²) < 4.78 is 0. The van der Waals surface area contributed by atoms with E-state index in [9.17, 15) is 14.4 Å². The molecular formula is C16H25ClN4O3. The average Bonchev–Trinajstić information content (AvgIpc) is 3.18. The summed E-state index contributed by atoms with van der Waals surface area (Å²) in [4.78, 5) is 40.4. The zero-order valence-corrected chi connectivity index (χ0v) is 14.6. The molecule has 2 N–H and O–H groups in total. The van der Waals surface area contributed by atoms with Crippen LogP contribution in [0.2, 0.25) is 0 Å². The Bertz CT molecular complexity index is 537. The van der Waals surface area contributed by atoms with Gasteiger partial charge in [-0.25, -0.2) is 4.79 Å². The number of likely N-dealkylation sites (tertiary alicyclic amines) is 1. The lowest BCUT2D eigenvalue weighted by Crippen LogP contribution is -2.49. The first-order valence-electron chi connectivity index (χ1n) is 8.72. The number of amides is 4. The van der Waals surface area contributed by atoms with Crippen molar-refractivity contribution in [3.63, 3.8) is 0 Å². The summed E-state index contributed by atoms with van der Waals surface area (Å²) in [6, 6.07) is -0.397. The van der Waals surface area contributed by atoms with Crippen molar-refractivity contribution in [1.82, 2.24) is 20.4 Å². The summed E-state index contributed by atoms with van der Waals surface area (Å²) in [6.07, 6.45) is 4.41. The molecule has 7 nitrogen and oxygen atoms in total. The summed E-state index contributed by atoms with van der Waals surface area (Å²) in [5.41, 5.74) is -0.735. The lowest BCUT2D eigenvalue weighted by Gasteiger charge is -2.30. The van der Waals surface area contributed by atoms with Crippen LogP contribution in [0.15, 0.2) is 0 Å². The van der Waals surface area contributed by atoms with Gasteiger partial charge >= 0.3 is 6.03 Å². The van der Waals surface area contributed by atoms with E-state index in [1.165, 1.54) is 0 Å². The van der Waals surface area contributed by atoms with Crippen molar-refractivity contribution in [3.8, 4) is 0 Å². The number of rotatable bonds is 2. The van der Waals surface area contributed by atoms with E-state index in [0.29, 0.717) is 24.7 Å². The van der Waals surface area contributed by atoms with Gasteiger partial charge in [0.25, 0.3) is 5.91 Å². The molecule has 0 bridgehead atoms. The standard InChI is InChI=1S/C16H24N4O3.ClH/c21-13(19-8-11-6-17-7-12(11)9-19)10-20-14(22)16(18-15(20)23)4-2-1-3-5-16;/h11-12,17H,1-10H2,(H,18,23);1H/t11-,12+;. The van der Waals surface area contributed by atoms with Gasteiger partial charge in [0, 0.05) is 26.2 Å². The first-order valence-corrected chi connectivity index (χ1v) is 8.72. The number of nitrogens with zero attached hydrogens (tertiary/aromatic N) is 2. The van der Waals surface area contributed by atoms with Crippen LogP contribution >= 0.6 is 12.4 Å². The molecule has 4 amide bonds. The zero-order valence-electron chi connectivity index (χ0n) is 13.8. The van der Waals surface area contributed by atoms with Gasteiger partial charge in [0.15, 0.2) is 0 Å². The highest BCUT2D eigenvalue weighted by Gasteiger charge is 2.52. The van der Waals surface area contributed by atoms with Crippen molar-refractivity contribution >= 4 is 30.3 Å². The molecule has 2 atom stereocenters. The van der Waals surface area contributed by atoms with Gasteiger partial charge in [0.2, 0.25) is 5.91 Å². The minimum Gasteiger partial charge on any atom is -0.340 e. The van der Waals surface area contributed by atoms with Crippen LogP contribution in [-0.4, -0.2) is 65.9 Å². The molecule has 24 heavy (non-hydrogen) atoms. The Morgan fingerprint density at radius 1 is 1.08 bits per heavy atom. The minimum atomic E-state index is -0.735. The number of carbonyl (C=O) groups is 3. The Morgan fingerprint density at radius 2 is 1.71 bits per heavy atom. The highest BCUT2D eigenvalue weighted by atomic mass is 35.5. The number of halogens is 1. The lowest BCUT2D eigenvalue weighted by atomic mass is 9.82. The van der Waals surface area contributed by atoms with Gasteiger partial charge in [-0.1, -0.05) is 19.3 Å². The van der Waals surface area contributed by atoms with E-state index in [2.05, 4.69) is 10.6 Å². The number of fused-ring (bicyclic) bond motifs is 1. The third kappa shape index (κ3) is 2.77. The average molecular weight is 357 g/mol. The van der Waals surface area contributed by atoms with Gasteiger partial charge in [-0.05, 0) is 24.7 Å². The maximum atomic E-state index is 12.7. The molecule has 0 aromatic rings.